The van der Waals surface area contributed by atoms with Crippen molar-refractivity contribution in [1.29, 1.82) is 0 Å². The lowest BCUT2D eigenvalue weighted by Crippen LogP contribution is -2.52. The van der Waals surface area contributed by atoms with E-state index in [0.717, 1.165) is 25.2 Å². The molecule has 0 bridgehead atoms. The number of hydrogen-bond donors (Lipinski definition) is 2. The largest absolute Gasteiger partial charge is 0.322 e. The highest BCUT2D eigenvalue weighted by atomic mass is 16.2. The van der Waals surface area contributed by atoms with Crippen LogP contribution in [0.3, 0.4) is 0 Å². The summed E-state index contributed by atoms with van der Waals surface area (Å²) in [6.07, 6.45) is 3.08. The van der Waals surface area contributed by atoms with Gasteiger partial charge in [0.25, 0.3) is 5.91 Å². The molecule has 2 N–H and O–H groups in total. The quantitative estimate of drug-likeness (QED) is 0.760. The Morgan fingerprint density at radius 2 is 2.07 bits per heavy atom. The average molecular weight is 370 g/mol. The molecule has 0 aliphatic carbocycles. The summed E-state index contributed by atoms with van der Waals surface area (Å²) >= 11 is 0. The summed E-state index contributed by atoms with van der Waals surface area (Å²) in [5.41, 5.74) is 2.82. The number of likely N-dealkylation sites (N-methyl/N-ethyl adjacent to an activating group) is 1. The monoisotopic (exact) mass is 370 g/mol. The summed E-state index contributed by atoms with van der Waals surface area (Å²) in [5.74, 6) is -0.740. The predicted octanol–water partition coefficient (Wildman–Crippen LogP) is 0.631. The summed E-state index contributed by atoms with van der Waals surface area (Å²) < 4.78 is 0. The highest BCUT2D eigenvalue weighted by Gasteiger charge is 2.39. The molecule has 0 saturated carbocycles. The number of amides is 3. The topological polar surface area (TPSA) is 81.8 Å². The van der Waals surface area contributed by atoms with Crippen LogP contribution in [0.5, 0.6) is 0 Å². The smallest absolute Gasteiger partial charge is 0.255 e. The number of rotatable bonds is 4. The van der Waals surface area contributed by atoms with Gasteiger partial charge in [-0.1, -0.05) is 12.1 Å². The molecule has 3 heterocycles. The molecule has 1 aromatic carbocycles. The van der Waals surface area contributed by atoms with Gasteiger partial charge in [0, 0.05) is 37.7 Å². The first kappa shape index (κ1) is 18.1. The Morgan fingerprint density at radius 1 is 1.22 bits per heavy atom. The van der Waals surface area contributed by atoms with Crippen molar-refractivity contribution in [3.8, 4) is 0 Å². The van der Waals surface area contributed by atoms with Gasteiger partial charge in [0.15, 0.2) is 0 Å². The van der Waals surface area contributed by atoms with Crippen LogP contribution in [0.15, 0.2) is 18.2 Å². The lowest BCUT2D eigenvalue weighted by atomic mass is 10.0. The molecule has 4 rings (SSSR count). The second-order valence-corrected chi connectivity index (χ2v) is 7.81. The van der Waals surface area contributed by atoms with E-state index in [1.165, 1.54) is 18.4 Å². The number of imide groups is 1. The molecule has 2 atom stereocenters. The molecule has 2 fully saturated rings. The molecule has 2 unspecified atom stereocenters. The van der Waals surface area contributed by atoms with E-state index in [1.54, 1.807) is 4.90 Å². The lowest BCUT2D eigenvalue weighted by molar-refractivity contribution is -0.136. The van der Waals surface area contributed by atoms with Crippen molar-refractivity contribution in [1.82, 2.24) is 20.4 Å². The number of piperidine rings is 2. The van der Waals surface area contributed by atoms with Gasteiger partial charge in [-0.15, -0.1) is 0 Å². The van der Waals surface area contributed by atoms with Crippen LogP contribution < -0.4 is 10.6 Å². The molecule has 0 spiro atoms. The van der Waals surface area contributed by atoms with Gasteiger partial charge in [-0.25, -0.2) is 0 Å². The average Bonchev–Trinajstić information content (AvgIpc) is 2.98. The molecule has 1 aromatic rings. The minimum atomic E-state index is -0.554. The van der Waals surface area contributed by atoms with E-state index in [-0.39, 0.29) is 24.1 Å². The maximum atomic E-state index is 12.7. The molecule has 27 heavy (non-hydrogen) atoms. The van der Waals surface area contributed by atoms with E-state index in [2.05, 4.69) is 28.6 Å². The van der Waals surface area contributed by atoms with Gasteiger partial charge in [-0.05, 0) is 50.0 Å². The van der Waals surface area contributed by atoms with Crippen LogP contribution >= 0.6 is 0 Å². The van der Waals surface area contributed by atoms with Crippen LogP contribution in [0.1, 0.15) is 47.2 Å². The fourth-order valence-electron chi connectivity index (χ4n) is 4.35. The summed E-state index contributed by atoms with van der Waals surface area (Å²) in [7, 11) is 2.14. The Labute approximate surface area is 159 Å². The summed E-state index contributed by atoms with van der Waals surface area (Å²) in [5, 5.41) is 5.79. The molecule has 7 heteroatoms. The first-order valence-electron chi connectivity index (χ1n) is 9.70. The van der Waals surface area contributed by atoms with Gasteiger partial charge in [0.05, 0.1) is 0 Å². The Bertz CT molecular complexity index is 772. The van der Waals surface area contributed by atoms with Crippen LogP contribution in [0.25, 0.3) is 0 Å². The van der Waals surface area contributed by atoms with Crippen molar-refractivity contribution in [2.75, 3.05) is 20.1 Å². The number of carbonyl (C=O) groups excluding carboxylic acids is 3. The minimum absolute atomic E-state index is 0.115. The Kier molecular flexibility index (Phi) is 4.97. The molecule has 3 amide bonds. The Morgan fingerprint density at radius 3 is 2.81 bits per heavy atom. The molecule has 0 aromatic heterocycles. The Balaban J connectivity index is 1.46. The zero-order chi connectivity index (χ0) is 19.0. The summed E-state index contributed by atoms with van der Waals surface area (Å²) in [4.78, 5) is 40.2. The summed E-state index contributed by atoms with van der Waals surface area (Å²) in [6, 6.07) is 5.96. The molecular weight excluding hydrogens is 344 g/mol. The van der Waals surface area contributed by atoms with Gasteiger partial charge >= 0.3 is 0 Å². The highest BCUT2D eigenvalue weighted by molar-refractivity contribution is 6.05. The molecule has 0 radical (unpaired) electrons. The lowest BCUT2D eigenvalue weighted by Gasteiger charge is -2.31. The van der Waals surface area contributed by atoms with E-state index in [1.807, 2.05) is 12.1 Å². The number of carbonyl (C=O) groups is 3. The summed E-state index contributed by atoms with van der Waals surface area (Å²) in [6.45, 7) is 3.39. The second-order valence-electron chi connectivity index (χ2n) is 7.81. The maximum absolute atomic E-state index is 12.7. The second kappa shape index (κ2) is 7.40. The normalized spacial score (nSPS) is 25.7. The van der Waals surface area contributed by atoms with Crippen molar-refractivity contribution < 1.29 is 14.4 Å². The van der Waals surface area contributed by atoms with Crippen LogP contribution in [0, 0.1) is 0 Å². The standard InChI is InChI=1S/C20H26N4O3/c1-23(15-3-2-8-21-10-15)11-13-4-5-16-14(9-13)12-24(20(16)27)17-6-7-18(25)22-19(17)26/h4-5,9,15,17,21H,2-3,6-8,10-12H2,1H3,(H,22,25,26). The third-order valence-electron chi connectivity index (χ3n) is 5.91. The van der Waals surface area contributed by atoms with E-state index < -0.39 is 6.04 Å². The van der Waals surface area contributed by atoms with Crippen molar-refractivity contribution in [2.45, 2.75) is 50.9 Å². The van der Waals surface area contributed by atoms with Crippen molar-refractivity contribution >= 4 is 17.7 Å². The molecular formula is C20H26N4O3. The minimum Gasteiger partial charge on any atom is -0.322 e. The van der Waals surface area contributed by atoms with Crippen LogP contribution in [0.2, 0.25) is 0 Å². The molecule has 7 nitrogen and oxygen atoms in total. The van der Waals surface area contributed by atoms with Crippen LogP contribution in [-0.4, -0.2) is 59.7 Å². The number of benzene rings is 1. The van der Waals surface area contributed by atoms with Crippen molar-refractivity contribution in [2.24, 2.45) is 0 Å². The SMILES string of the molecule is CN(Cc1ccc2c(c1)CN(C1CCC(=O)NC1=O)C2=O)C1CCCNC1. The molecule has 144 valence electrons. The van der Waals surface area contributed by atoms with Gasteiger partial charge in [-0.2, -0.15) is 0 Å². The van der Waals surface area contributed by atoms with Crippen molar-refractivity contribution in [3.63, 3.8) is 0 Å². The number of fused-ring (bicyclic) bond motifs is 1. The third-order valence-corrected chi connectivity index (χ3v) is 5.91. The molecule has 2 saturated heterocycles. The number of hydrogen-bond acceptors (Lipinski definition) is 5. The first-order chi connectivity index (χ1) is 13.0. The number of nitrogens with one attached hydrogen (secondary N) is 2. The van der Waals surface area contributed by atoms with E-state index in [0.29, 0.717) is 24.6 Å². The van der Waals surface area contributed by atoms with Crippen LogP contribution in [0.4, 0.5) is 0 Å². The Hall–Kier alpha value is -2.25. The molecule has 3 aliphatic rings. The highest BCUT2D eigenvalue weighted by Crippen LogP contribution is 2.28. The zero-order valence-corrected chi connectivity index (χ0v) is 15.7. The van der Waals surface area contributed by atoms with Crippen molar-refractivity contribution in [3.05, 3.63) is 34.9 Å². The predicted molar refractivity (Wildman–Crippen MR) is 99.8 cm³/mol. The third kappa shape index (κ3) is 3.61. The van der Waals surface area contributed by atoms with Gasteiger partial charge in [0.2, 0.25) is 11.8 Å². The van der Waals surface area contributed by atoms with E-state index >= 15 is 0 Å². The first-order valence-corrected chi connectivity index (χ1v) is 9.70. The fraction of sp³-hybridized carbons (Fsp3) is 0.550. The van der Waals surface area contributed by atoms with Gasteiger partial charge < -0.3 is 10.2 Å². The zero-order valence-electron chi connectivity index (χ0n) is 15.7. The maximum Gasteiger partial charge on any atom is 0.255 e. The number of nitrogens with zero attached hydrogens (tertiary/aromatic N) is 2. The van der Waals surface area contributed by atoms with E-state index in [9.17, 15) is 14.4 Å². The van der Waals surface area contributed by atoms with Crippen LogP contribution in [-0.2, 0) is 22.7 Å². The van der Waals surface area contributed by atoms with Gasteiger partial charge in [0.1, 0.15) is 6.04 Å². The van der Waals surface area contributed by atoms with E-state index in [4.69, 9.17) is 0 Å². The molecule has 3 aliphatic heterocycles. The van der Waals surface area contributed by atoms with Gasteiger partial charge in [-0.3, -0.25) is 24.6 Å². The fourth-order valence-corrected chi connectivity index (χ4v) is 4.35.